The van der Waals surface area contributed by atoms with Crippen LogP contribution in [0.15, 0.2) is 24.5 Å². The van der Waals surface area contributed by atoms with Crippen molar-refractivity contribution in [2.75, 3.05) is 33.0 Å². The molecule has 2 heterocycles. The van der Waals surface area contributed by atoms with Gasteiger partial charge in [0, 0.05) is 65.1 Å². The number of nitrogens with one attached hydrogen (secondary N) is 4. The van der Waals surface area contributed by atoms with E-state index in [1.165, 1.54) is 26.6 Å². The zero-order chi connectivity index (χ0) is 24.0. The average Bonchev–Trinajstić information content (AvgIpc) is 2.83. The summed E-state index contributed by atoms with van der Waals surface area (Å²) in [6.07, 6.45) is 5.98. The van der Waals surface area contributed by atoms with Gasteiger partial charge in [-0.25, -0.2) is 13.8 Å². The number of benzene rings is 1. The van der Waals surface area contributed by atoms with Crippen LogP contribution in [0.25, 0.3) is 5.57 Å². The molecule has 0 amide bonds. The van der Waals surface area contributed by atoms with E-state index >= 15 is 0 Å². The first kappa shape index (κ1) is 24.1. The lowest BCUT2D eigenvalue weighted by molar-refractivity contribution is 0.354. The predicted molar refractivity (Wildman–Crippen MR) is 124 cm³/mol. The van der Waals surface area contributed by atoms with Crippen LogP contribution in [-0.4, -0.2) is 50.3 Å². The normalized spacial score (nSPS) is 14.6. The number of methoxy groups -OCH3 is 2. The number of pyridine rings is 1. The lowest BCUT2D eigenvalue weighted by Gasteiger charge is -2.23. The third-order valence-corrected chi connectivity index (χ3v) is 5.56. The molecule has 0 saturated carbocycles. The van der Waals surface area contributed by atoms with Gasteiger partial charge in [0.15, 0.2) is 23.1 Å². The second kappa shape index (κ2) is 10.9. The van der Waals surface area contributed by atoms with Crippen LogP contribution in [0.2, 0.25) is 0 Å². The highest BCUT2D eigenvalue weighted by molar-refractivity contribution is 6.10. The van der Waals surface area contributed by atoms with Crippen LogP contribution >= 0.6 is 0 Å². The molecule has 33 heavy (non-hydrogen) atoms. The number of allylic oxidation sites excluding steroid dienone is 1. The molecule has 0 radical (unpaired) electrons. The number of piperidine rings is 1. The molecule has 1 saturated heterocycles. The standard InChI is InChI=1S/C23H28F2N6O2/c1-32-19-9-20(33-2)22(25)17(21(19)24)8-18(27)16-7-13(11-31-23(16)28)14(10-26)12-30-15-3-5-29-6-4-15/h7,9-12,15,26-27,29-30H,3-6,8H2,1-2H3,(H2,28,31)/b14-12+,26-10?,27-18?. The Labute approximate surface area is 191 Å². The van der Waals surface area contributed by atoms with Gasteiger partial charge in [0.05, 0.1) is 14.2 Å². The molecule has 1 aromatic heterocycles. The Morgan fingerprint density at radius 3 is 2.42 bits per heavy atom. The summed E-state index contributed by atoms with van der Waals surface area (Å²) in [7, 11) is 2.53. The predicted octanol–water partition coefficient (Wildman–Crippen LogP) is 2.90. The van der Waals surface area contributed by atoms with Crippen LogP contribution in [0.5, 0.6) is 11.5 Å². The van der Waals surface area contributed by atoms with Gasteiger partial charge in [-0.1, -0.05) is 0 Å². The van der Waals surface area contributed by atoms with E-state index < -0.39 is 18.1 Å². The number of ether oxygens (including phenoxy) is 2. The van der Waals surface area contributed by atoms with Crippen molar-refractivity contribution in [3.63, 3.8) is 0 Å². The number of anilines is 1. The Morgan fingerprint density at radius 1 is 1.21 bits per heavy atom. The van der Waals surface area contributed by atoms with Gasteiger partial charge < -0.3 is 36.7 Å². The van der Waals surface area contributed by atoms with E-state index in [-0.39, 0.29) is 34.2 Å². The highest BCUT2D eigenvalue weighted by Gasteiger charge is 2.22. The minimum absolute atomic E-state index is 0.0510. The number of hydrogen-bond donors (Lipinski definition) is 5. The zero-order valence-corrected chi connectivity index (χ0v) is 18.6. The van der Waals surface area contributed by atoms with Gasteiger partial charge in [-0.05, 0) is 32.0 Å². The summed E-state index contributed by atoms with van der Waals surface area (Å²) in [6.45, 7) is 1.86. The minimum atomic E-state index is -0.908. The molecule has 2 aromatic rings. The van der Waals surface area contributed by atoms with Crippen molar-refractivity contribution in [2.24, 2.45) is 0 Å². The summed E-state index contributed by atoms with van der Waals surface area (Å²) >= 11 is 0. The van der Waals surface area contributed by atoms with Crippen molar-refractivity contribution in [1.82, 2.24) is 15.6 Å². The van der Waals surface area contributed by atoms with E-state index in [0.29, 0.717) is 17.2 Å². The SMILES string of the molecule is COc1cc(OC)c(F)c(CC(=N)c2cc(/C(C=N)=C/NC3CCNCC3)cnc2N)c1F. The van der Waals surface area contributed by atoms with Gasteiger partial charge in [0.25, 0.3) is 0 Å². The van der Waals surface area contributed by atoms with E-state index in [9.17, 15) is 8.78 Å². The Morgan fingerprint density at radius 2 is 1.85 bits per heavy atom. The van der Waals surface area contributed by atoms with Crippen molar-refractivity contribution in [3.8, 4) is 11.5 Å². The van der Waals surface area contributed by atoms with Gasteiger partial charge in [-0.2, -0.15) is 0 Å². The summed E-state index contributed by atoms with van der Waals surface area (Å²) in [5, 5.41) is 22.9. The molecule has 0 spiro atoms. The summed E-state index contributed by atoms with van der Waals surface area (Å²) in [6, 6.07) is 3.01. The minimum Gasteiger partial charge on any atom is -0.494 e. The maximum atomic E-state index is 14.8. The Kier molecular flexibility index (Phi) is 7.94. The third-order valence-electron chi connectivity index (χ3n) is 5.56. The fourth-order valence-corrected chi connectivity index (χ4v) is 3.64. The fraction of sp³-hybridized carbons (Fsp3) is 0.348. The van der Waals surface area contributed by atoms with Crippen molar-refractivity contribution in [2.45, 2.75) is 25.3 Å². The highest BCUT2D eigenvalue weighted by atomic mass is 19.1. The van der Waals surface area contributed by atoms with Crippen LogP contribution in [0.4, 0.5) is 14.6 Å². The van der Waals surface area contributed by atoms with Gasteiger partial charge in [0.1, 0.15) is 5.82 Å². The van der Waals surface area contributed by atoms with Crippen LogP contribution in [0.3, 0.4) is 0 Å². The average molecular weight is 459 g/mol. The Bertz CT molecular complexity index is 1040. The maximum Gasteiger partial charge on any atom is 0.171 e. The van der Waals surface area contributed by atoms with Crippen LogP contribution in [-0.2, 0) is 6.42 Å². The number of nitrogen functional groups attached to an aromatic ring is 1. The van der Waals surface area contributed by atoms with Crippen LogP contribution < -0.4 is 25.8 Å². The van der Waals surface area contributed by atoms with E-state index in [4.69, 9.17) is 26.0 Å². The van der Waals surface area contributed by atoms with E-state index in [1.54, 1.807) is 12.3 Å². The summed E-state index contributed by atoms with van der Waals surface area (Å²) in [4.78, 5) is 4.14. The number of nitrogens with two attached hydrogens (primary N) is 1. The number of nitrogens with zero attached hydrogens (tertiary/aromatic N) is 1. The summed E-state index contributed by atoms with van der Waals surface area (Å²) in [5.41, 5.74) is 6.81. The first-order valence-corrected chi connectivity index (χ1v) is 10.5. The van der Waals surface area contributed by atoms with Gasteiger partial charge in [0.2, 0.25) is 0 Å². The van der Waals surface area contributed by atoms with Crippen molar-refractivity contribution < 1.29 is 18.3 Å². The van der Waals surface area contributed by atoms with Gasteiger partial charge in [-0.15, -0.1) is 0 Å². The molecule has 10 heteroatoms. The number of halogens is 2. The largest absolute Gasteiger partial charge is 0.494 e. The highest BCUT2D eigenvalue weighted by Crippen LogP contribution is 2.32. The first-order chi connectivity index (χ1) is 15.9. The molecule has 3 rings (SSSR count). The molecule has 0 bridgehead atoms. The fourth-order valence-electron chi connectivity index (χ4n) is 3.64. The molecule has 1 aliphatic heterocycles. The molecule has 1 aliphatic rings. The number of aromatic nitrogens is 1. The Balaban J connectivity index is 1.89. The van der Waals surface area contributed by atoms with E-state index in [1.807, 2.05) is 0 Å². The topological polar surface area (TPSA) is 129 Å². The molecule has 6 N–H and O–H groups in total. The van der Waals surface area contributed by atoms with E-state index in [2.05, 4.69) is 15.6 Å². The first-order valence-electron chi connectivity index (χ1n) is 10.5. The zero-order valence-electron chi connectivity index (χ0n) is 18.6. The van der Waals surface area contributed by atoms with Crippen molar-refractivity contribution >= 4 is 23.3 Å². The monoisotopic (exact) mass is 458 g/mol. The molecule has 1 aromatic carbocycles. The van der Waals surface area contributed by atoms with Crippen LogP contribution in [0, 0.1) is 22.5 Å². The lowest BCUT2D eigenvalue weighted by Crippen LogP contribution is -2.37. The van der Waals surface area contributed by atoms with Gasteiger partial charge >= 0.3 is 0 Å². The molecule has 176 valence electrons. The molecule has 0 aliphatic carbocycles. The molecule has 1 fully saturated rings. The molecular formula is C23H28F2N6O2. The smallest absolute Gasteiger partial charge is 0.171 e. The van der Waals surface area contributed by atoms with Crippen LogP contribution in [0.1, 0.15) is 29.5 Å². The second-order valence-corrected chi connectivity index (χ2v) is 7.63. The van der Waals surface area contributed by atoms with E-state index in [0.717, 1.165) is 32.0 Å². The summed E-state index contributed by atoms with van der Waals surface area (Å²) < 4.78 is 39.4. The van der Waals surface area contributed by atoms with Crippen molar-refractivity contribution in [3.05, 3.63) is 52.9 Å². The quantitative estimate of drug-likeness (QED) is 0.368. The molecule has 8 nitrogen and oxygen atoms in total. The van der Waals surface area contributed by atoms with Gasteiger partial charge in [-0.3, -0.25) is 0 Å². The number of hydrogen-bond acceptors (Lipinski definition) is 8. The third kappa shape index (κ3) is 5.46. The summed E-state index contributed by atoms with van der Waals surface area (Å²) in [5.74, 6) is -2.14. The lowest BCUT2D eigenvalue weighted by atomic mass is 9.98. The molecule has 0 unspecified atom stereocenters. The molecule has 0 atom stereocenters. The maximum absolute atomic E-state index is 14.8. The second-order valence-electron chi connectivity index (χ2n) is 7.63. The molecular weight excluding hydrogens is 430 g/mol. The number of rotatable bonds is 9. The van der Waals surface area contributed by atoms with Crippen molar-refractivity contribution in [1.29, 1.82) is 10.8 Å². The Hall–Kier alpha value is -3.53.